The molecule has 2 heterocycles. The van der Waals surface area contributed by atoms with Crippen molar-refractivity contribution in [2.24, 2.45) is 5.73 Å². The average Bonchev–Trinajstić information content (AvgIpc) is 3.36. The molecule has 168 valence electrons. The standard InChI is InChI=1S/C27H23N5O2/c1-2-18-8-6-7-11-24(18)32-16-20(30-31-32)17-33-21-12-13-22-25(14-21)34-27(29)23(15-28)26(22)19-9-4-3-5-10-19/h3-14,16,26H,2,17,29H2,1H3. The number of aryl methyl sites for hydroxylation is 1. The van der Waals surface area contributed by atoms with Gasteiger partial charge in [-0.3, -0.25) is 0 Å². The molecule has 4 aromatic rings. The zero-order chi connectivity index (χ0) is 23.5. The summed E-state index contributed by atoms with van der Waals surface area (Å²) in [5.74, 6) is 1.01. The molecule has 1 unspecified atom stereocenters. The van der Waals surface area contributed by atoms with Crippen LogP contribution in [0.4, 0.5) is 0 Å². The number of fused-ring (bicyclic) bond motifs is 1. The van der Waals surface area contributed by atoms with Gasteiger partial charge in [-0.1, -0.05) is 66.7 Å². The van der Waals surface area contributed by atoms with E-state index in [0.717, 1.165) is 23.2 Å². The number of benzene rings is 3. The molecule has 1 aliphatic rings. The molecule has 0 fully saturated rings. The number of rotatable bonds is 6. The number of nitrogens with two attached hydrogens (primary N) is 1. The summed E-state index contributed by atoms with van der Waals surface area (Å²) in [4.78, 5) is 0. The molecule has 7 nitrogen and oxygen atoms in total. The lowest BCUT2D eigenvalue weighted by Gasteiger charge is -2.26. The number of nitriles is 1. The molecule has 0 saturated carbocycles. The second kappa shape index (κ2) is 9.12. The first-order chi connectivity index (χ1) is 16.7. The van der Waals surface area contributed by atoms with Crippen LogP contribution >= 0.6 is 0 Å². The number of allylic oxidation sites excluding steroid dienone is 1. The van der Waals surface area contributed by atoms with Crippen molar-refractivity contribution in [3.05, 3.63) is 113 Å². The van der Waals surface area contributed by atoms with Crippen LogP contribution in [0.15, 0.2) is 90.4 Å². The highest BCUT2D eigenvalue weighted by molar-refractivity contribution is 5.57. The number of nitrogens with zero attached hydrogens (tertiary/aromatic N) is 4. The van der Waals surface area contributed by atoms with Crippen molar-refractivity contribution < 1.29 is 9.47 Å². The predicted octanol–water partition coefficient (Wildman–Crippen LogP) is 4.63. The Morgan fingerprint density at radius 2 is 1.88 bits per heavy atom. The molecule has 1 aromatic heterocycles. The van der Waals surface area contributed by atoms with Crippen LogP contribution in [0.1, 0.15) is 35.2 Å². The Kier molecular flexibility index (Phi) is 5.71. The van der Waals surface area contributed by atoms with Crippen LogP contribution < -0.4 is 15.2 Å². The minimum atomic E-state index is -0.289. The first-order valence-corrected chi connectivity index (χ1v) is 11.1. The highest BCUT2D eigenvalue weighted by Gasteiger charge is 2.30. The van der Waals surface area contributed by atoms with E-state index in [9.17, 15) is 5.26 Å². The van der Waals surface area contributed by atoms with Crippen molar-refractivity contribution in [2.75, 3.05) is 0 Å². The summed E-state index contributed by atoms with van der Waals surface area (Å²) in [7, 11) is 0. The highest BCUT2D eigenvalue weighted by Crippen LogP contribution is 2.43. The van der Waals surface area contributed by atoms with E-state index in [4.69, 9.17) is 15.2 Å². The molecular formula is C27H23N5O2. The van der Waals surface area contributed by atoms with E-state index in [1.54, 1.807) is 10.7 Å². The molecular weight excluding hydrogens is 426 g/mol. The number of hydrogen-bond donors (Lipinski definition) is 1. The fourth-order valence-corrected chi connectivity index (χ4v) is 4.19. The molecule has 2 N–H and O–H groups in total. The Labute approximate surface area is 197 Å². The molecule has 7 heteroatoms. The smallest absolute Gasteiger partial charge is 0.205 e. The molecule has 1 atom stereocenters. The third-order valence-corrected chi connectivity index (χ3v) is 5.87. The van der Waals surface area contributed by atoms with Crippen molar-refractivity contribution in [3.8, 4) is 23.3 Å². The van der Waals surface area contributed by atoms with Crippen molar-refractivity contribution >= 4 is 0 Å². The minimum Gasteiger partial charge on any atom is -0.487 e. The third-order valence-electron chi connectivity index (χ3n) is 5.87. The summed E-state index contributed by atoms with van der Waals surface area (Å²) in [6, 6.07) is 25.7. The van der Waals surface area contributed by atoms with Gasteiger partial charge >= 0.3 is 0 Å². The van der Waals surface area contributed by atoms with Gasteiger partial charge in [-0.15, -0.1) is 5.10 Å². The Balaban J connectivity index is 1.37. The zero-order valence-corrected chi connectivity index (χ0v) is 18.7. The molecule has 3 aromatic carbocycles. The summed E-state index contributed by atoms with van der Waals surface area (Å²) in [5.41, 5.74) is 11.3. The van der Waals surface area contributed by atoms with Crippen LogP contribution in [0.3, 0.4) is 0 Å². The van der Waals surface area contributed by atoms with E-state index >= 15 is 0 Å². The van der Waals surface area contributed by atoms with Crippen LogP contribution in [-0.4, -0.2) is 15.0 Å². The Morgan fingerprint density at radius 3 is 2.68 bits per heavy atom. The van der Waals surface area contributed by atoms with Crippen molar-refractivity contribution in [1.82, 2.24) is 15.0 Å². The van der Waals surface area contributed by atoms with Gasteiger partial charge in [0.05, 0.1) is 17.8 Å². The molecule has 5 rings (SSSR count). The van der Waals surface area contributed by atoms with E-state index < -0.39 is 0 Å². The van der Waals surface area contributed by atoms with Crippen LogP contribution in [0, 0.1) is 11.3 Å². The van der Waals surface area contributed by atoms with Crippen LogP contribution in [0.2, 0.25) is 0 Å². The molecule has 0 spiro atoms. The lowest BCUT2D eigenvalue weighted by Crippen LogP contribution is -2.21. The summed E-state index contributed by atoms with van der Waals surface area (Å²) >= 11 is 0. The summed E-state index contributed by atoms with van der Waals surface area (Å²) < 4.78 is 13.5. The lowest BCUT2D eigenvalue weighted by atomic mass is 9.83. The summed E-state index contributed by atoms with van der Waals surface area (Å²) in [5, 5.41) is 18.2. The van der Waals surface area contributed by atoms with Gasteiger partial charge in [0.1, 0.15) is 35.4 Å². The first-order valence-electron chi connectivity index (χ1n) is 11.1. The van der Waals surface area contributed by atoms with Crippen molar-refractivity contribution in [3.63, 3.8) is 0 Å². The van der Waals surface area contributed by atoms with Crippen LogP contribution in [-0.2, 0) is 13.0 Å². The molecule has 0 saturated heterocycles. The lowest BCUT2D eigenvalue weighted by molar-refractivity contribution is 0.298. The van der Waals surface area contributed by atoms with E-state index in [2.05, 4.69) is 29.4 Å². The number of ether oxygens (including phenoxy) is 2. The van der Waals surface area contributed by atoms with Gasteiger partial charge in [0.25, 0.3) is 0 Å². The number of hydrogen-bond acceptors (Lipinski definition) is 6. The number of aromatic nitrogens is 3. The van der Waals surface area contributed by atoms with Crippen LogP contribution in [0.25, 0.3) is 5.69 Å². The Bertz CT molecular complexity index is 1400. The third kappa shape index (κ3) is 3.97. The van der Waals surface area contributed by atoms with Gasteiger partial charge in [-0.2, -0.15) is 5.26 Å². The molecule has 1 aliphatic heterocycles. The SMILES string of the molecule is CCc1ccccc1-n1cc(COc2ccc3c(c2)OC(N)=C(C#N)C3c2ccccc2)nn1. The molecule has 0 aliphatic carbocycles. The van der Waals surface area contributed by atoms with Crippen molar-refractivity contribution in [2.45, 2.75) is 25.9 Å². The first kappa shape index (κ1) is 21.3. The molecule has 0 amide bonds. The van der Waals surface area contributed by atoms with E-state index in [1.807, 2.05) is 66.9 Å². The maximum absolute atomic E-state index is 9.69. The van der Waals surface area contributed by atoms with Gasteiger partial charge in [0.15, 0.2) is 0 Å². The van der Waals surface area contributed by atoms with Gasteiger partial charge in [-0.05, 0) is 29.7 Å². The minimum absolute atomic E-state index is 0.110. The van der Waals surface area contributed by atoms with E-state index in [-0.39, 0.29) is 18.4 Å². The molecule has 0 bridgehead atoms. The fraction of sp³-hybridized carbons (Fsp3) is 0.148. The molecule has 0 radical (unpaired) electrons. The average molecular weight is 450 g/mol. The van der Waals surface area contributed by atoms with Gasteiger partial charge in [-0.25, -0.2) is 4.68 Å². The Morgan fingerprint density at radius 1 is 1.09 bits per heavy atom. The highest BCUT2D eigenvalue weighted by atomic mass is 16.5. The monoisotopic (exact) mass is 449 g/mol. The maximum Gasteiger partial charge on any atom is 0.205 e. The van der Waals surface area contributed by atoms with Gasteiger partial charge < -0.3 is 15.2 Å². The summed E-state index contributed by atoms with van der Waals surface area (Å²) in [6.45, 7) is 2.37. The van der Waals surface area contributed by atoms with E-state index in [0.29, 0.717) is 22.8 Å². The second-order valence-electron chi connectivity index (χ2n) is 7.96. The maximum atomic E-state index is 9.69. The second-order valence-corrected chi connectivity index (χ2v) is 7.96. The topological polar surface area (TPSA) is 99.0 Å². The van der Waals surface area contributed by atoms with Gasteiger partial charge in [0.2, 0.25) is 5.88 Å². The Hall–Kier alpha value is -4.57. The predicted molar refractivity (Wildman–Crippen MR) is 127 cm³/mol. The summed E-state index contributed by atoms with van der Waals surface area (Å²) in [6.07, 6.45) is 2.78. The normalized spacial score (nSPS) is 14.8. The zero-order valence-electron chi connectivity index (χ0n) is 18.7. The van der Waals surface area contributed by atoms with E-state index in [1.165, 1.54) is 5.56 Å². The molecule has 34 heavy (non-hydrogen) atoms. The number of para-hydroxylation sites is 1. The fourth-order valence-electron chi connectivity index (χ4n) is 4.19. The van der Waals surface area contributed by atoms with Crippen LogP contribution in [0.5, 0.6) is 11.5 Å². The largest absolute Gasteiger partial charge is 0.487 e. The quantitative estimate of drug-likeness (QED) is 0.461. The van der Waals surface area contributed by atoms with Crippen molar-refractivity contribution in [1.29, 1.82) is 5.26 Å². The van der Waals surface area contributed by atoms with Gasteiger partial charge in [0, 0.05) is 11.6 Å².